The molecule has 0 atom stereocenters. The van der Waals surface area contributed by atoms with Crippen molar-refractivity contribution in [1.82, 2.24) is 10.6 Å². The Balaban J connectivity index is 1.58. The maximum absolute atomic E-state index is 13.0. The van der Waals surface area contributed by atoms with Gasteiger partial charge in [0.15, 0.2) is 0 Å². The lowest BCUT2D eigenvalue weighted by atomic mass is 10.1. The molecule has 4 rings (SSSR count). The van der Waals surface area contributed by atoms with Crippen molar-refractivity contribution in [2.45, 2.75) is 13.5 Å². The Bertz CT molecular complexity index is 1380. The molecule has 2 N–H and O–H groups in total. The maximum Gasteiger partial charge on any atom is 0.268 e. The van der Waals surface area contributed by atoms with Gasteiger partial charge in [0.2, 0.25) is 0 Å². The molecule has 0 aliphatic heterocycles. The number of rotatable bonds is 7. The molecule has 1 aromatic heterocycles. The zero-order valence-electron chi connectivity index (χ0n) is 18.8. The maximum atomic E-state index is 13.0. The Morgan fingerprint density at radius 3 is 2.34 bits per heavy atom. The van der Waals surface area contributed by atoms with E-state index in [2.05, 4.69) is 10.6 Å². The number of carbonyl (C=O) groups is 2. The number of hydrogen-bond acceptors (Lipinski definition) is 3. The third-order valence-corrected chi connectivity index (χ3v) is 5.96. The Labute approximate surface area is 213 Å². The van der Waals surface area contributed by atoms with Crippen molar-refractivity contribution in [2.75, 3.05) is 0 Å². The molecule has 0 spiro atoms. The molecule has 2 amide bonds. The molecule has 1 heterocycles. The summed E-state index contributed by atoms with van der Waals surface area (Å²) in [5.74, 6) is 0.0875. The first-order chi connectivity index (χ1) is 16.9. The van der Waals surface area contributed by atoms with E-state index in [0.29, 0.717) is 33.7 Å². The summed E-state index contributed by atoms with van der Waals surface area (Å²) < 4.78 is 5.90. The van der Waals surface area contributed by atoms with Gasteiger partial charge in [-0.3, -0.25) is 9.59 Å². The number of halogens is 2. The van der Waals surface area contributed by atoms with Gasteiger partial charge < -0.3 is 15.1 Å². The summed E-state index contributed by atoms with van der Waals surface area (Å²) in [5.41, 5.74) is 3.29. The van der Waals surface area contributed by atoms with Gasteiger partial charge in [-0.05, 0) is 55.0 Å². The van der Waals surface area contributed by atoms with Crippen LogP contribution in [-0.4, -0.2) is 11.8 Å². The van der Waals surface area contributed by atoms with E-state index in [-0.39, 0.29) is 5.70 Å². The fraction of sp³-hybridized carbons (Fsp3) is 0.0714. The van der Waals surface area contributed by atoms with Crippen LogP contribution in [0.3, 0.4) is 0 Å². The number of hydrogen-bond donors (Lipinski definition) is 2. The Morgan fingerprint density at radius 1 is 0.886 bits per heavy atom. The predicted molar refractivity (Wildman–Crippen MR) is 139 cm³/mol. The Hall–Kier alpha value is -3.80. The Morgan fingerprint density at radius 2 is 1.63 bits per heavy atom. The molecule has 0 saturated heterocycles. The zero-order chi connectivity index (χ0) is 24.8. The van der Waals surface area contributed by atoms with Crippen molar-refractivity contribution >= 4 is 41.1 Å². The van der Waals surface area contributed by atoms with Crippen LogP contribution >= 0.6 is 23.2 Å². The van der Waals surface area contributed by atoms with Gasteiger partial charge in [0.25, 0.3) is 11.8 Å². The lowest BCUT2D eigenvalue weighted by Gasteiger charge is -2.11. The molecule has 176 valence electrons. The monoisotopic (exact) mass is 504 g/mol. The second-order valence-electron chi connectivity index (χ2n) is 7.88. The largest absolute Gasteiger partial charge is 0.457 e. The smallest absolute Gasteiger partial charge is 0.268 e. The molecular formula is C28H22Cl2N2O3. The molecule has 3 aromatic carbocycles. The van der Waals surface area contributed by atoms with Crippen molar-refractivity contribution in [1.29, 1.82) is 0 Å². The fourth-order valence-electron chi connectivity index (χ4n) is 3.30. The number of carbonyl (C=O) groups excluding carboxylic acids is 2. The van der Waals surface area contributed by atoms with Crippen LogP contribution in [0.25, 0.3) is 17.4 Å². The fourth-order valence-corrected chi connectivity index (χ4v) is 3.60. The van der Waals surface area contributed by atoms with Crippen molar-refractivity contribution in [3.63, 3.8) is 0 Å². The topological polar surface area (TPSA) is 71.3 Å². The first-order valence-corrected chi connectivity index (χ1v) is 11.6. The van der Waals surface area contributed by atoms with Gasteiger partial charge in [-0.15, -0.1) is 0 Å². The number of furan rings is 1. The van der Waals surface area contributed by atoms with Crippen LogP contribution in [0.5, 0.6) is 0 Å². The second-order valence-corrected chi connectivity index (χ2v) is 8.69. The lowest BCUT2D eigenvalue weighted by molar-refractivity contribution is -0.117. The highest BCUT2D eigenvalue weighted by molar-refractivity contribution is 6.42. The van der Waals surface area contributed by atoms with Crippen LogP contribution in [0.1, 0.15) is 27.2 Å². The molecule has 7 heteroatoms. The van der Waals surface area contributed by atoms with Gasteiger partial charge >= 0.3 is 0 Å². The highest BCUT2D eigenvalue weighted by Crippen LogP contribution is 2.30. The second kappa shape index (κ2) is 11.1. The standard InChI is InChI=1S/C28H22Cl2N2O3/c1-18-7-9-19(10-8-18)17-31-28(34)25(32-27(33)20-5-3-2-4-6-20)16-22-12-14-26(35-22)21-11-13-23(29)24(30)15-21/h2-16H,17H2,1H3,(H,31,34)(H,32,33)/b25-16-. The van der Waals surface area contributed by atoms with Crippen LogP contribution in [0.4, 0.5) is 0 Å². The minimum Gasteiger partial charge on any atom is -0.457 e. The molecule has 0 radical (unpaired) electrons. The zero-order valence-corrected chi connectivity index (χ0v) is 20.4. The molecule has 5 nitrogen and oxygen atoms in total. The van der Waals surface area contributed by atoms with E-state index in [1.165, 1.54) is 6.08 Å². The molecule has 0 aliphatic rings. The van der Waals surface area contributed by atoms with Gasteiger partial charge in [0.05, 0.1) is 10.0 Å². The van der Waals surface area contributed by atoms with Gasteiger partial charge in [-0.1, -0.05) is 71.2 Å². The predicted octanol–water partition coefficient (Wildman–Crippen LogP) is 6.65. The van der Waals surface area contributed by atoms with Crippen molar-refractivity contribution in [3.8, 4) is 11.3 Å². The molecular weight excluding hydrogens is 483 g/mol. The summed E-state index contributed by atoms with van der Waals surface area (Å²) in [6.45, 7) is 2.31. The number of aryl methyl sites for hydroxylation is 1. The van der Waals surface area contributed by atoms with Crippen LogP contribution < -0.4 is 10.6 Å². The average Bonchev–Trinajstić information content (AvgIpc) is 3.34. The summed E-state index contributed by atoms with van der Waals surface area (Å²) in [6, 6.07) is 25.1. The van der Waals surface area contributed by atoms with Gasteiger partial charge in [-0.25, -0.2) is 0 Å². The molecule has 0 saturated carbocycles. The minimum absolute atomic E-state index is 0.0565. The van der Waals surface area contributed by atoms with Crippen LogP contribution in [-0.2, 0) is 11.3 Å². The molecule has 0 unspecified atom stereocenters. The number of benzene rings is 3. The van der Waals surface area contributed by atoms with E-state index in [4.69, 9.17) is 27.6 Å². The summed E-state index contributed by atoms with van der Waals surface area (Å²) in [6.07, 6.45) is 1.49. The van der Waals surface area contributed by atoms with Crippen LogP contribution in [0, 0.1) is 6.92 Å². The summed E-state index contributed by atoms with van der Waals surface area (Å²) in [4.78, 5) is 25.8. The normalized spacial score (nSPS) is 11.2. The quantitative estimate of drug-likeness (QED) is 0.276. The summed E-state index contributed by atoms with van der Waals surface area (Å²) in [7, 11) is 0. The third kappa shape index (κ3) is 6.41. The molecule has 4 aromatic rings. The van der Waals surface area contributed by atoms with E-state index in [0.717, 1.165) is 16.7 Å². The van der Waals surface area contributed by atoms with Gasteiger partial charge in [-0.2, -0.15) is 0 Å². The van der Waals surface area contributed by atoms with Crippen LogP contribution in [0.2, 0.25) is 10.0 Å². The minimum atomic E-state index is -0.442. The van der Waals surface area contributed by atoms with E-state index in [1.807, 2.05) is 37.3 Å². The first-order valence-electron chi connectivity index (χ1n) is 10.9. The molecule has 35 heavy (non-hydrogen) atoms. The van der Waals surface area contributed by atoms with E-state index >= 15 is 0 Å². The summed E-state index contributed by atoms with van der Waals surface area (Å²) in [5, 5.41) is 6.41. The van der Waals surface area contributed by atoms with Crippen molar-refractivity contribution in [2.24, 2.45) is 0 Å². The lowest BCUT2D eigenvalue weighted by Crippen LogP contribution is -2.34. The van der Waals surface area contributed by atoms with Gasteiger partial charge in [0, 0.05) is 23.7 Å². The SMILES string of the molecule is Cc1ccc(CNC(=O)/C(=C/c2ccc(-c3ccc(Cl)c(Cl)c3)o2)NC(=O)c2ccccc2)cc1. The Kier molecular flexibility index (Phi) is 7.70. The van der Waals surface area contributed by atoms with E-state index in [1.54, 1.807) is 54.6 Å². The van der Waals surface area contributed by atoms with Crippen molar-refractivity contribution in [3.05, 3.63) is 123 Å². The molecule has 0 fully saturated rings. The number of nitrogens with one attached hydrogen (secondary N) is 2. The molecule has 0 bridgehead atoms. The molecule has 0 aliphatic carbocycles. The van der Waals surface area contributed by atoms with Crippen molar-refractivity contribution < 1.29 is 14.0 Å². The van der Waals surface area contributed by atoms with E-state index in [9.17, 15) is 9.59 Å². The average molecular weight is 505 g/mol. The van der Waals surface area contributed by atoms with Gasteiger partial charge in [0.1, 0.15) is 17.2 Å². The summed E-state index contributed by atoms with van der Waals surface area (Å²) >= 11 is 12.1. The highest BCUT2D eigenvalue weighted by atomic mass is 35.5. The first kappa shape index (κ1) is 24.3. The number of amides is 2. The van der Waals surface area contributed by atoms with E-state index < -0.39 is 11.8 Å². The van der Waals surface area contributed by atoms with Crippen LogP contribution in [0.15, 0.2) is 95.0 Å². The highest BCUT2D eigenvalue weighted by Gasteiger charge is 2.16. The third-order valence-electron chi connectivity index (χ3n) is 5.22.